The normalized spacial score (nSPS) is 12.8. The average Bonchev–Trinajstić information content (AvgIpc) is 2.63. The molecule has 1 aromatic heterocycles. The van der Waals surface area contributed by atoms with E-state index in [0.717, 1.165) is 5.01 Å². The van der Waals surface area contributed by atoms with Gasteiger partial charge in [0.2, 0.25) is 5.91 Å². The Morgan fingerprint density at radius 2 is 2.18 bits per heavy atom. The second-order valence-corrected chi connectivity index (χ2v) is 5.72. The standard InChI is InChI=1S/C12H21N3OS/c1-8(2)15-11(16)5-6-13-10(4)12-14-7-9(3)17-12/h7-8,10,13H,5-6H2,1-4H3,(H,15,16). The molecule has 0 aliphatic carbocycles. The van der Waals surface area contributed by atoms with Crippen LogP contribution in [0.2, 0.25) is 0 Å². The lowest BCUT2D eigenvalue weighted by Crippen LogP contribution is -2.33. The summed E-state index contributed by atoms with van der Waals surface area (Å²) in [6, 6.07) is 0.419. The Hall–Kier alpha value is -0.940. The minimum absolute atomic E-state index is 0.0926. The molecule has 0 fully saturated rings. The molecule has 96 valence electrons. The van der Waals surface area contributed by atoms with Crippen LogP contribution in [0.3, 0.4) is 0 Å². The molecule has 0 saturated heterocycles. The van der Waals surface area contributed by atoms with Crippen LogP contribution < -0.4 is 10.6 Å². The van der Waals surface area contributed by atoms with Crippen molar-refractivity contribution >= 4 is 17.2 Å². The predicted molar refractivity (Wildman–Crippen MR) is 71.2 cm³/mol. The van der Waals surface area contributed by atoms with Crippen LogP contribution in [0.1, 0.15) is 43.1 Å². The highest BCUT2D eigenvalue weighted by Crippen LogP contribution is 2.18. The number of hydrogen-bond donors (Lipinski definition) is 2. The summed E-state index contributed by atoms with van der Waals surface area (Å²) in [4.78, 5) is 16.9. The van der Waals surface area contributed by atoms with E-state index in [9.17, 15) is 4.79 Å². The van der Waals surface area contributed by atoms with E-state index in [4.69, 9.17) is 0 Å². The number of carbonyl (C=O) groups is 1. The number of amides is 1. The maximum Gasteiger partial charge on any atom is 0.221 e. The lowest BCUT2D eigenvalue weighted by molar-refractivity contribution is -0.121. The van der Waals surface area contributed by atoms with Gasteiger partial charge in [0.25, 0.3) is 0 Å². The fraction of sp³-hybridized carbons (Fsp3) is 0.667. The first-order valence-electron chi connectivity index (χ1n) is 5.94. The average molecular weight is 255 g/mol. The van der Waals surface area contributed by atoms with Crippen LogP contribution >= 0.6 is 11.3 Å². The lowest BCUT2D eigenvalue weighted by Gasteiger charge is -2.12. The molecule has 2 N–H and O–H groups in total. The Balaban J connectivity index is 2.25. The molecule has 1 amide bonds. The SMILES string of the molecule is Cc1cnc(C(C)NCCC(=O)NC(C)C)s1. The fourth-order valence-electron chi connectivity index (χ4n) is 1.46. The fourth-order valence-corrected chi connectivity index (χ4v) is 2.26. The minimum atomic E-state index is 0.0926. The van der Waals surface area contributed by atoms with Crippen LogP contribution in [-0.4, -0.2) is 23.5 Å². The van der Waals surface area contributed by atoms with Gasteiger partial charge in [0, 0.05) is 30.1 Å². The molecule has 0 aliphatic rings. The summed E-state index contributed by atoms with van der Waals surface area (Å²) in [7, 11) is 0. The third-order valence-corrected chi connectivity index (χ3v) is 3.36. The molecular formula is C12H21N3OS. The first-order chi connectivity index (χ1) is 7.99. The number of aryl methyl sites for hydroxylation is 1. The number of nitrogens with zero attached hydrogens (tertiary/aromatic N) is 1. The number of thiazole rings is 1. The molecule has 0 spiro atoms. The van der Waals surface area contributed by atoms with Crippen molar-refractivity contribution in [3.05, 3.63) is 16.1 Å². The van der Waals surface area contributed by atoms with Crippen molar-refractivity contribution in [2.45, 2.75) is 46.2 Å². The van der Waals surface area contributed by atoms with E-state index < -0.39 is 0 Å². The van der Waals surface area contributed by atoms with Crippen molar-refractivity contribution in [1.29, 1.82) is 0 Å². The van der Waals surface area contributed by atoms with Gasteiger partial charge in [-0.25, -0.2) is 4.98 Å². The van der Waals surface area contributed by atoms with E-state index >= 15 is 0 Å². The maximum atomic E-state index is 11.4. The van der Waals surface area contributed by atoms with E-state index in [1.165, 1.54) is 4.88 Å². The summed E-state index contributed by atoms with van der Waals surface area (Å²) in [5, 5.41) is 7.25. The summed E-state index contributed by atoms with van der Waals surface area (Å²) in [5.74, 6) is 0.0926. The van der Waals surface area contributed by atoms with Gasteiger partial charge in [-0.05, 0) is 27.7 Å². The number of nitrogens with one attached hydrogen (secondary N) is 2. The highest BCUT2D eigenvalue weighted by atomic mass is 32.1. The Labute approximate surface area is 107 Å². The number of rotatable bonds is 6. The summed E-state index contributed by atoms with van der Waals surface area (Å²) < 4.78 is 0. The monoisotopic (exact) mass is 255 g/mol. The Morgan fingerprint density at radius 3 is 2.71 bits per heavy atom. The third kappa shape index (κ3) is 5.28. The van der Waals surface area contributed by atoms with Crippen molar-refractivity contribution in [2.75, 3.05) is 6.54 Å². The van der Waals surface area contributed by atoms with E-state index in [0.29, 0.717) is 13.0 Å². The van der Waals surface area contributed by atoms with Gasteiger partial charge in [0.1, 0.15) is 5.01 Å². The molecule has 0 radical (unpaired) electrons. The highest BCUT2D eigenvalue weighted by Gasteiger charge is 2.09. The summed E-state index contributed by atoms with van der Waals surface area (Å²) in [6.45, 7) is 8.72. The van der Waals surface area contributed by atoms with Crippen molar-refractivity contribution in [2.24, 2.45) is 0 Å². The Kier molecular flexibility index (Phi) is 5.58. The van der Waals surface area contributed by atoms with E-state index in [1.54, 1.807) is 11.3 Å². The molecule has 5 heteroatoms. The zero-order valence-corrected chi connectivity index (χ0v) is 11.7. The molecule has 1 heterocycles. The number of carbonyl (C=O) groups excluding carboxylic acids is 1. The first kappa shape index (κ1) is 14.1. The Morgan fingerprint density at radius 1 is 1.47 bits per heavy atom. The largest absolute Gasteiger partial charge is 0.354 e. The van der Waals surface area contributed by atoms with E-state index in [-0.39, 0.29) is 18.0 Å². The van der Waals surface area contributed by atoms with Crippen LogP contribution in [0.5, 0.6) is 0 Å². The smallest absolute Gasteiger partial charge is 0.221 e. The van der Waals surface area contributed by atoms with E-state index in [2.05, 4.69) is 22.5 Å². The maximum absolute atomic E-state index is 11.4. The molecule has 1 aromatic rings. The van der Waals surface area contributed by atoms with Crippen LogP contribution in [0.4, 0.5) is 0 Å². The molecule has 1 rings (SSSR count). The van der Waals surface area contributed by atoms with Gasteiger partial charge in [-0.2, -0.15) is 0 Å². The molecular weight excluding hydrogens is 234 g/mol. The van der Waals surface area contributed by atoms with Gasteiger partial charge in [-0.1, -0.05) is 0 Å². The van der Waals surface area contributed by atoms with Gasteiger partial charge in [0.05, 0.1) is 6.04 Å². The van der Waals surface area contributed by atoms with Crippen molar-refractivity contribution < 1.29 is 4.79 Å². The van der Waals surface area contributed by atoms with Crippen molar-refractivity contribution in [3.63, 3.8) is 0 Å². The van der Waals surface area contributed by atoms with Gasteiger partial charge < -0.3 is 10.6 Å². The van der Waals surface area contributed by atoms with E-state index in [1.807, 2.05) is 27.0 Å². The van der Waals surface area contributed by atoms with Gasteiger partial charge >= 0.3 is 0 Å². The molecule has 1 unspecified atom stereocenters. The topological polar surface area (TPSA) is 54.0 Å². The zero-order valence-electron chi connectivity index (χ0n) is 10.9. The molecule has 0 aliphatic heterocycles. The van der Waals surface area contributed by atoms with Crippen LogP contribution in [0.25, 0.3) is 0 Å². The molecule has 1 atom stereocenters. The zero-order chi connectivity index (χ0) is 12.8. The van der Waals surface area contributed by atoms with Gasteiger partial charge in [-0.15, -0.1) is 11.3 Å². The molecule has 17 heavy (non-hydrogen) atoms. The summed E-state index contributed by atoms with van der Waals surface area (Å²) in [5.41, 5.74) is 0. The van der Waals surface area contributed by atoms with Gasteiger partial charge in [0.15, 0.2) is 0 Å². The second kappa shape index (κ2) is 6.71. The van der Waals surface area contributed by atoms with Gasteiger partial charge in [-0.3, -0.25) is 4.79 Å². The molecule has 0 saturated carbocycles. The summed E-state index contributed by atoms with van der Waals surface area (Å²) >= 11 is 1.69. The third-order valence-electron chi connectivity index (χ3n) is 2.26. The number of aromatic nitrogens is 1. The quantitative estimate of drug-likeness (QED) is 0.817. The van der Waals surface area contributed by atoms with Crippen molar-refractivity contribution in [1.82, 2.24) is 15.6 Å². The predicted octanol–water partition coefficient (Wildman–Crippen LogP) is 2.02. The highest BCUT2D eigenvalue weighted by molar-refractivity contribution is 7.11. The van der Waals surface area contributed by atoms with Crippen LogP contribution in [0, 0.1) is 6.92 Å². The first-order valence-corrected chi connectivity index (χ1v) is 6.75. The number of hydrogen-bond acceptors (Lipinski definition) is 4. The summed E-state index contributed by atoms with van der Waals surface area (Å²) in [6.07, 6.45) is 2.39. The molecule has 4 nitrogen and oxygen atoms in total. The Bertz CT molecular complexity index is 362. The molecule has 0 bridgehead atoms. The second-order valence-electron chi connectivity index (χ2n) is 4.46. The lowest BCUT2D eigenvalue weighted by atomic mass is 10.3. The van der Waals surface area contributed by atoms with Crippen LogP contribution in [0.15, 0.2) is 6.20 Å². The molecule has 0 aromatic carbocycles. The van der Waals surface area contributed by atoms with Crippen LogP contribution in [-0.2, 0) is 4.79 Å². The van der Waals surface area contributed by atoms with Crippen molar-refractivity contribution in [3.8, 4) is 0 Å². The minimum Gasteiger partial charge on any atom is -0.354 e.